The maximum absolute atomic E-state index is 12.4. The molecule has 0 aromatic rings. The van der Waals surface area contributed by atoms with Crippen molar-refractivity contribution in [1.82, 2.24) is 10.6 Å². The molecule has 0 aliphatic carbocycles. The number of carbonyl (C=O) groups is 1. The van der Waals surface area contributed by atoms with Crippen LogP contribution in [0.4, 0.5) is 0 Å². The lowest BCUT2D eigenvalue weighted by atomic mass is 9.67. The molecule has 2 atom stereocenters. The Morgan fingerprint density at radius 1 is 1.17 bits per heavy atom. The molecule has 3 heterocycles. The number of nitrogens with one attached hydrogen (secondary N) is 2. The average molecular weight is 338 g/mol. The van der Waals surface area contributed by atoms with Gasteiger partial charge in [-0.3, -0.25) is 0 Å². The molecule has 0 radical (unpaired) electrons. The Kier molecular flexibility index (Phi) is 4.52. The maximum atomic E-state index is 12.4. The van der Waals surface area contributed by atoms with Crippen LogP contribution >= 0.6 is 0 Å². The van der Waals surface area contributed by atoms with Crippen LogP contribution in [0.25, 0.3) is 0 Å². The molecule has 0 aromatic heterocycles. The summed E-state index contributed by atoms with van der Waals surface area (Å²) in [5.41, 5.74) is -1.20. The zero-order valence-electron chi connectivity index (χ0n) is 15.7. The fourth-order valence-corrected chi connectivity index (χ4v) is 4.55. The van der Waals surface area contributed by atoms with E-state index in [4.69, 9.17) is 14.0 Å². The second-order valence-corrected chi connectivity index (χ2v) is 8.54. The first-order chi connectivity index (χ1) is 11.2. The fourth-order valence-electron chi connectivity index (χ4n) is 4.55. The molecule has 0 amide bonds. The van der Waals surface area contributed by atoms with E-state index in [0.29, 0.717) is 6.54 Å². The second kappa shape index (κ2) is 5.97. The van der Waals surface area contributed by atoms with Crippen molar-refractivity contribution in [2.24, 2.45) is 5.41 Å². The van der Waals surface area contributed by atoms with Gasteiger partial charge in [-0.05, 0) is 53.4 Å². The normalized spacial score (nSPS) is 36.8. The third-order valence-corrected chi connectivity index (χ3v) is 6.72. The molecule has 3 rings (SSSR count). The molecular formula is C17H31BN2O4. The topological polar surface area (TPSA) is 68.8 Å². The van der Waals surface area contributed by atoms with Gasteiger partial charge < -0.3 is 24.7 Å². The van der Waals surface area contributed by atoms with Crippen LogP contribution in [0.15, 0.2) is 0 Å². The molecule has 7 heteroatoms. The van der Waals surface area contributed by atoms with Crippen LogP contribution in [0.2, 0.25) is 6.32 Å². The predicted octanol–water partition coefficient (Wildman–Crippen LogP) is 1.35. The van der Waals surface area contributed by atoms with Crippen molar-refractivity contribution in [2.45, 2.75) is 70.0 Å². The van der Waals surface area contributed by atoms with Crippen LogP contribution in [0.5, 0.6) is 0 Å². The smallest absolute Gasteiger partial charge is 0.457 e. The van der Waals surface area contributed by atoms with Crippen LogP contribution in [0, 0.1) is 5.41 Å². The van der Waals surface area contributed by atoms with E-state index >= 15 is 0 Å². The minimum absolute atomic E-state index is 0.0657. The van der Waals surface area contributed by atoms with Gasteiger partial charge in [0, 0.05) is 18.5 Å². The van der Waals surface area contributed by atoms with Crippen molar-refractivity contribution >= 4 is 13.1 Å². The van der Waals surface area contributed by atoms with Crippen molar-refractivity contribution in [2.75, 3.05) is 26.7 Å². The summed E-state index contributed by atoms with van der Waals surface area (Å²) < 4.78 is 17.3. The summed E-state index contributed by atoms with van der Waals surface area (Å²) in [6, 6.07) is 0. The van der Waals surface area contributed by atoms with Crippen LogP contribution in [-0.4, -0.2) is 56.6 Å². The molecule has 136 valence electrons. The Labute approximate surface area is 145 Å². The highest BCUT2D eigenvalue weighted by atomic mass is 16.7. The number of esters is 1. The number of hydrogen-bond acceptors (Lipinski definition) is 6. The van der Waals surface area contributed by atoms with Gasteiger partial charge in [0.05, 0.1) is 18.3 Å². The van der Waals surface area contributed by atoms with Crippen LogP contribution < -0.4 is 10.6 Å². The first-order valence-corrected chi connectivity index (χ1v) is 9.08. The quantitative estimate of drug-likeness (QED) is 0.583. The third-order valence-electron chi connectivity index (χ3n) is 6.72. The average Bonchev–Trinajstić information content (AvgIpc) is 3.06. The Bertz CT molecular complexity index is 483. The van der Waals surface area contributed by atoms with Gasteiger partial charge >= 0.3 is 13.1 Å². The molecule has 2 N–H and O–H groups in total. The molecule has 3 aliphatic rings. The van der Waals surface area contributed by atoms with Crippen molar-refractivity contribution in [3.05, 3.63) is 0 Å². The number of carbonyl (C=O) groups excluding carboxylic acids is 1. The second-order valence-electron chi connectivity index (χ2n) is 8.54. The van der Waals surface area contributed by atoms with Crippen molar-refractivity contribution < 1.29 is 18.8 Å². The van der Waals surface area contributed by atoms with Gasteiger partial charge in [0.1, 0.15) is 5.54 Å². The Morgan fingerprint density at radius 3 is 2.46 bits per heavy atom. The number of hydrogen-bond donors (Lipinski definition) is 2. The molecule has 24 heavy (non-hydrogen) atoms. The van der Waals surface area contributed by atoms with E-state index in [1.165, 1.54) is 7.11 Å². The number of rotatable bonds is 5. The summed E-state index contributed by atoms with van der Waals surface area (Å²) in [7, 11) is 1.31. The lowest BCUT2D eigenvalue weighted by Crippen LogP contribution is -2.58. The summed E-state index contributed by atoms with van der Waals surface area (Å²) in [4.78, 5) is 12.4. The van der Waals surface area contributed by atoms with Gasteiger partial charge in [0.15, 0.2) is 0 Å². The van der Waals surface area contributed by atoms with E-state index in [2.05, 4.69) is 38.3 Å². The zero-order valence-corrected chi connectivity index (χ0v) is 15.7. The Balaban J connectivity index is 1.61. The molecule has 0 aromatic carbocycles. The highest BCUT2D eigenvalue weighted by molar-refractivity contribution is 6.45. The fraction of sp³-hybridized carbons (Fsp3) is 0.941. The minimum Gasteiger partial charge on any atom is -0.468 e. The van der Waals surface area contributed by atoms with Crippen LogP contribution in [0.3, 0.4) is 0 Å². The number of ether oxygens (including phenoxy) is 1. The van der Waals surface area contributed by atoms with Crippen molar-refractivity contribution in [3.63, 3.8) is 0 Å². The van der Waals surface area contributed by atoms with Gasteiger partial charge in [-0.15, -0.1) is 0 Å². The lowest BCUT2D eigenvalue weighted by Gasteiger charge is -2.37. The molecule has 0 bridgehead atoms. The molecular weight excluding hydrogens is 307 g/mol. The molecule has 3 aliphatic heterocycles. The van der Waals surface area contributed by atoms with E-state index in [0.717, 1.165) is 38.7 Å². The highest BCUT2D eigenvalue weighted by Gasteiger charge is 2.63. The first-order valence-electron chi connectivity index (χ1n) is 9.08. The van der Waals surface area contributed by atoms with E-state index in [9.17, 15) is 4.79 Å². The van der Waals surface area contributed by atoms with Gasteiger partial charge in [-0.2, -0.15) is 0 Å². The van der Waals surface area contributed by atoms with Crippen LogP contribution in [0.1, 0.15) is 47.0 Å². The van der Waals surface area contributed by atoms with Crippen molar-refractivity contribution in [1.29, 1.82) is 0 Å². The molecule has 3 fully saturated rings. The number of fused-ring (bicyclic) bond motifs is 1. The molecule has 3 saturated heterocycles. The van der Waals surface area contributed by atoms with E-state index < -0.39 is 5.54 Å². The molecule has 6 nitrogen and oxygen atoms in total. The van der Waals surface area contributed by atoms with Crippen LogP contribution in [-0.2, 0) is 18.8 Å². The van der Waals surface area contributed by atoms with Gasteiger partial charge in [0.2, 0.25) is 0 Å². The van der Waals surface area contributed by atoms with E-state index in [1.807, 2.05) is 0 Å². The first kappa shape index (κ1) is 18.2. The summed E-state index contributed by atoms with van der Waals surface area (Å²) in [6.07, 6.45) is 3.79. The summed E-state index contributed by atoms with van der Waals surface area (Å²) in [5, 5.41) is 6.83. The summed E-state index contributed by atoms with van der Waals surface area (Å²) >= 11 is 0. The standard InChI is InChI=1S/C17H31BN2O4/c1-14(2)15(3,4)24-18(23-14)9-6-7-16-8-10-20-17(16,12-19-11-16)13(21)22-5/h19-20H,6-12H2,1-5H3/t16-,17-/m0/s1. The lowest BCUT2D eigenvalue weighted by molar-refractivity contribution is -0.151. The summed E-state index contributed by atoms with van der Waals surface area (Å²) in [5.74, 6) is -0.138. The van der Waals surface area contributed by atoms with Gasteiger partial charge in [0.25, 0.3) is 0 Å². The molecule has 0 saturated carbocycles. The minimum atomic E-state index is -0.572. The van der Waals surface area contributed by atoms with Gasteiger partial charge in [-0.25, -0.2) is 4.79 Å². The van der Waals surface area contributed by atoms with Crippen molar-refractivity contribution in [3.8, 4) is 0 Å². The third kappa shape index (κ3) is 2.60. The Morgan fingerprint density at radius 2 is 1.83 bits per heavy atom. The molecule has 0 spiro atoms. The number of methoxy groups -OCH3 is 1. The molecule has 0 unspecified atom stereocenters. The van der Waals surface area contributed by atoms with Gasteiger partial charge in [-0.1, -0.05) is 6.42 Å². The zero-order chi connectivity index (χ0) is 17.6. The highest BCUT2D eigenvalue weighted by Crippen LogP contribution is 2.48. The van der Waals surface area contributed by atoms with E-state index in [-0.39, 0.29) is 29.7 Å². The SMILES string of the molecule is COC(=O)[C@@]12CNC[C@]1(CCCB1OC(C)(C)C(C)(C)O1)CCN2. The van der Waals surface area contributed by atoms with E-state index in [1.54, 1.807) is 0 Å². The maximum Gasteiger partial charge on any atom is 0.457 e. The largest absolute Gasteiger partial charge is 0.468 e. The Hall–Kier alpha value is -0.625. The summed E-state index contributed by atoms with van der Waals surface area (Å²) in [6.45, 7) is 10.7. The monoisotopic (exact) mass is 338 g/mol. The predicted molar refractivity (Wildman–Crippen MR) is 92.8 cm³/mol.